The predicted octanol–water partition coefficient (Wildman–Crippen LogP) is 4.12. The van der Waals surface area contributed by atoms with E-state index < -0.39 is 0 Å². The minimum absolute atomic E-state index is 0.722. The maximum Gasteiger partial charge on any atom is 0.00695 e. The number of nitrogens with one attached hydrogen (secondary N) is 1. The van der Waals surface area contributed by atoms with Gasteiger partial charge in [0.25, 0.3) is 0 Å². The summed E-state index contributed by atoms with van der Waals surface area (Å²) < 4.78 is 0. The summed E-state index contributed by atoms with van der Waals surface area (Å²) in [5, 5.41) is 3.80. The molecule has 1 heteroatoms. The van der Waals surface area contributed by atoms with Crippen molar-refractivity contribution in [3.8, 4) is 0 Å². The molecule has 0 aromatic rings. The number of rotatable bonds is 9. The number of hydrogen-bond donors (Lipinski definition) is 1. The van der Waals surface area contributed by atoms with Crippen molar-refractivity contribution < 1.29 is 0 Å². The van der Waals surface area contributed by atoms with E-state index in [-0.39, 0.29) is 0 Å². The zero-order chi connectivity index (χ0) is 11.1. The highest BCUT2D eigenvalue weighted by Gasteiger charge is 2.25. The first kappa shape index (κ1) is 13.0. The van der Waals surface area contributed by atoms with Gasteiger partial charge in [0.15, 0.2) is 0 Å². The Kier molecular flexibility index (Phi) is 6.31. The molecule has 2 unspecified atom stereocenters. The first-order chi connectivity index (χ1) is 7.26. The summed E-state index contributed by atoms with van der Waals surface area (Å²) in [7, 11) is 0. The van der Waals surface area contributed by atoms with Crippen molar-refractivity contribution in [2.75, 3.05) is 0 Å². The maximum atomic E-state index is 3.80. The highest BCUT2D eigenvalue weighted by atomic mass is 14.9. The molecule has 1 rings (SSSR count). The SMILES string of the molecule is CCCCCC(C)NC(CC)CC1CC1. The summed E-state index contributed by atoms with van der Waals surface area (Å²) in [4.78, 5) is 0. The molecule has 1 aliphatic carbocycles. The van der Waals surface area contributed by atoms with Crippen LogP contribution in [0.25, 0.3) is 0 Å². The number of unbranched alkanes of at least 4 members (excludes halogenated alkanes) is 2. The lowest BCUT2D eigenvalue weighted by atomic mass is 10.0. The molecule has 0 aromatic carbocycles. The quantitative estimate of drug-likeness (QED) is 0.566. The zero-order valence-electron chi connectivity index (χ0n) is 10.9. The molecular formula is C14H29N. The van der Waals surface area contributed by atoms with E-state index in [0.717, 1.165) is 18.0 Å². The fourth-order valence-corrected chi connectivity index (χ4v) is 2.29. The van der Waals surface area contributed by atoms with Crippen molar-refractivity contribution in [1.29, 1.82) is 0 Å². The van der Waals surface area contributed by atoms with Crippen LogP contribution in [0.1, 0.15) is 72.1 Å². The molecule has 0 bridgehead atoms. The molecule has 1 nitrogen and oxygen atoms in total. The van der Waals surface area contributed by atoms with Crippen LogP contribution in [-0.4, -0.2) is 12.1 Å². The second-order valence-electron chi connectivity index (χ2n) is 5.35. The van der Waals surface area contributed by atoms with E-state index in [1.54, 1.807) is 0 Å². The average molecular weight is 211 g/mol. The lowest BCUT2D eigenvalue weighted by molar-refractivity contribution is 0.378. The summed E-state index contributed by atoms with van der Waals surface area (Å²) >= 11 is 0. The van der Waals surface area contributed by atoms with Gasteiger partial charge in [0.2, 0.25) is 0 Å². The van der Waals surface area contributed by atoms with Crippen molar-refractivity contribution >= 4 is 0 Å². The van der Waals surface area contributed by atoms with E-state index in [1.165, 1.54) is 51.4 Å². The van der Waals surface area contributed by atoms with E-state index in [1.807, 2.05) is 0 Å². The van der Waals surface area contributed by atoms with E-state index >= 15 is 0 Å². The van der Waals surface area contributed by atoms with Crippen LogP contribution in [0, 0.1) is 5.92 Å². The Labute approximate surface area is 96.0 Å². The first-order valence-electron chi connectivity index (χ1n) is 7.02. The summed E-state index contributed by atoms with van der Waals surface area (Å²) in [5.41, 5.74) is 0. The Hall–Kier alpha value is -0.0400. The molecule has 15 heavy (non-hydrogen) atoms. The van der Waals surface area contributed by atoms with E-state index in [0.29, 0.717) is 0 Å². The van der Waals surface area contributed by atoms with Gasteiger partial charge in [-0.25, -0.2) is 0 Å². The van der Waals surface area contributed by atoms with Crippen LogP contribution in [-0.2, 0) is 0 Å². The van der Waals surface area contributed by atoms with Crippen LogP contribution < -0.4 is 5.32 Å². The van der Waals surface area contributed by atoms with Crippen molar-refractivity contribution in [3.63, 3.8) is 0 Å². The predicted molar refractivity (Wildman–Crippen MR) is 68.2 cm³/mol. The highest BCUT2D eigenvalue weighted by Crippen LogP contribution is 2.34. The Morgan fingerprint density at radius 1 is 1.20 bits per heavy atom. The largest absolute Gasteiger partial charge is 0.312 e. The minimum atomic E-state index is 0.722. The molecule has 0 aliphatic heterocycles. The van der Waals surface area contributed by atoms with Crippen LogP contribution in [0.4, 0.5) is 0 Å². The molecule has 2 atom stereocenters. The van der Waals surface area contributed by atoms with Gasteiger partial charge in [0, 0.05) is 12.1 Å². The first-order valence-corrected chi connectivity index (χ1v) is 7.02. The van der Waals surface area contributed by atoms with E-state index in [2.05, 4.69) is 26.1 Å². The van der Waals surface area contributed by atoms with Gasteiger partial charge in [0.1, 0.15) is 0 Å². The second-order valence-corrected chi connectivity index (χ2v) is 5.35. The zero-order valence-corrected chi connectivity index (χ0v) is 10.9. The lowest BCUT2D eigenvalue weighted by Crippen LogP contribution is -2.36. The standard InChI is InChI=1S/C14H29N/c1-4-6-7-8-12(3)15-14(5-2)11-13-9-10-13/h12-15H,4-11H2,1-3H3. The van der Waals surface area contributed by atoms with Crippen LogP contribution in [0.3, 0.4) is 0 Å². The van der Waals surface area contributed by atoms with Crippen molar-refractivity contribution in [2.24, 2.45) is 5.92 Å². The monoisotopic (exact) mass is 211 g/mol. The van der Waals surface area contributed by atoms with E-state index in [4.69, 9.17) is 0 Å². The summed E-state index contributed by atoms with van der Waals surface area (Å²) in [6.07, 6.45) is 11.2. The van der Waals surface area contributed by atoms with Gasteiger partial charge in [-0.3, -0.25) is 0 Å². The summed E-state index contributed by atoms with van der Waals surface area (Å²) in [5.74, 6) is 1.06. The molecule has 0 spiro atoms. The molecule has 0 amide bonds. The number of hydrogen-bond acceptors (Lipinski definition) is 1. The molecule has 0 saturated heterocycles. The fourth-order valence-electron chi connectivity index (χ4n) is 2.29. The lowest BCUT2D eigenvalue weighted by Gasteiger charge is -2.22. The highest BCUT2D eigenvalue weighted by molar-refractivity contribution is 4.80. The van der Waals surface area contributed by atoms with Crippen LogP contribution in [0.5, 0.6) is 0 Å². The summed E-state index contributed by atoms with van der Waals surface area (Å²) in [6, 6.07) is 1.51. The van der Waals surface area contributed by atoms with E-state index in [9.17, 15) is 0 Å². The van der Waals surface area contributed by atoms with Crippen molar-refractivity contribution in [3.05, 3.63) is 0 Å². The van der Waals surface area contributed by atoms with Gasteiger partial charge in [-0.2, -0.15) is 0 Å². The molecule has 1 aliphatic rings. The maximum absolute atomic E-state index is 3.80. The molecule has 1 N–H and O–H groups in total. The van der Waals surface area contributed by atoms with Gasteiger partial charge in [-0.1, -0.05) is 46.0 Å². The molecule has 0 heterocycles. The van der Waals surface area contributed by atoms with Gasteiger partial charge in [0.05, 0.1) is 0 Å². The second kappa shape index (κ2) is 7.27. The third-order valence-electron chi connectivity index (χ3n) is 3.57. The fraction of sp³-hybridized carbons (Fsp3) is 1.00. The van der Waals surface area contributed by atoms with Gasteiger partial charge >= 0.3 is 0 Å². The van der Waals surface area contributed by atoms with Gasteiger partial charge in [-0.05, 0) is 32.1 Å². The Morgan fingerprint density at radius 3 is 2.47 bits per heavy atom. The Morgan fingerprint density at radius 2 is 1.93 bits per heavy atom. The molecule has 0 radical (unpaired) electrons. The molecular weight excluding hydrogens is 182 g/mol. The Bertz CT molecular complexity index is 151. The van der Waals surface area contributed by atoms with Crippen molar-refractivity contribution in [2.45, 2.75) is 84.2 Å². The molecule has 1 fully saturated rings. The normalized spacial score (nSPS) is 20.2. The molecule has 0 aromatic heterocycles. The van der Waals surface area contributed by atoms with Crippen LogP contribution in [0.2, 0.25) is 0 Å². The van der Waals surface area contributed by atoms with Crippen LogP contribution >= 0.6 is 0 Å². The van der Waals surface area contributed by atoms with Crippen molar-refractivity contribution in [1.82, 2.24) is 5.32 Å². The summed E-state index contributed by atoms with van der Waals surface area (Å²) in [6.45, 7) is 6.95. The van der Waals surface area contributed by atoms with Gasteiger partial charge < -0.3 is 5.32 Å². The molecule has 90 valence electrons. The third-order valence-corrected chi connectivity index (χ3v) is 3.57. The molecule has 1 saturated carbocycles. The average Bonchev–Trinajstić information content (AvgIpc) is 3.01. The van der Waals surface area contributed by atoms with Gasteiger partial charge in [-0.15, -0.1) is 0 Å². The van der Waals surface area contributed by atoms with Crippen LogP contribution in [0.15, 0.2) is 0 Å². The minimum Gasteiger partial charge on any atom is -0.312 e. The topological polar surface area (TPSA) is 12.0 Å². The third kappa shape index (κ3) is 6.19. The Balaban J connectivity index is 2.06. The smallest absolute Gasteiger partial charge is 0.00695 e.